The topological polar surface area (TPSA) is 22.0 Å². The molecule has 1 fully saturated rings. The zero-order valence-electron chi connectivity index (χ0n) is 10.8. The van der Waals surface area contributed by atoms with Crippen molar-refractivity contribution in [1.82, 2.24) is 4.57 Å². The lowest BCUT2D eigenvalue weighted by Gasteiger charge is -2.28. The Hall–Kier alpha value is -0.570. The van der Waals surface area contributed by atoms with Crippen LogP contribution in [0.15, 0.2) is 16.9 Å². The van der Waals surface area contributed by atoms with Gasteiger partial charge in [0.25, 0.3) is 5.56 Å². The molecule has 0 amide bonds. The number of nitrogens with zero attached hydrogens (tertiary/aromatic N) is 1. The Kier molecular flexibility index (Phi) is 3.35. The van der Waals surface area contributed by atoms with Crippen LogP contribution >= 0.6 is 15.9 Å². The molecule has 1 aromatic rings. The second kappa shape index (κ2) is 4.84. The largest absolute Gasteiger partial charge is 0.312 e. The minimum absolute atomic E-state index is 0.197. The average Bonchev–Trinajstić information content (AvgIpc) is 3.02. The van der Waals surface area contributed by atoms with E-state index in [0.29, 0.717) is 5.41 Å². The third kappa shape index (κ3) is 2.07. The van der Waals surface area contributed by atoms with Crippen molar-refractivity contribution in [3.8, 4) is 0 Å². The number of aromatic nitrogens is 1. The van der Waals surface area contributed by atoms with E-state index in [2.05, 4.69) is 20.5 Å². The van der Waals surface area contributed by atoms with Crippen LogP contribution < -0.4 is 5.56 Å². The number of pyridine rings is 1. The van der Waals surface area contributed by atoms with Gasteiger partial charge in [-0.2, -0.15) is 0 Å². The van der Waals surface area contributed by atoms with Crippen molar-refractivity contribution in [2.45, 2.75) is 51.5 Å². The fourth-order valence-corrected chi connectivity index (χ4v) is 4.34. The molecule has 0 aromatic carbocycles. The first-order chi connectivity index (χ1) is 8.74. The van der Waals surface area contributed by atoms with Crippen molar-refractivity contribution in [3.63, 3.8) is 0 Å². The number of fused-ring (bicyclic) bond motifs is 1. The molecule has 3 heteroatoms. The molecule has 0 atom stereocenters. The van der Waals surface area contributed by atoms with E-state index >= 15 is 0 Å². The zero-order valence-corrected chi connectivity index (χ0v) is 12.3. The van der Waals surface area contributed by atoms with Gasteiger partial charge in [0.2, 0.25) is 0 Å². The fraction of sp³-hybridized carbons (Fsp3) is 0.667. The smallest absolute Gasteiger partial charge is 0.250 e. The predicted octanol–water partition coefficient (Wildman–Crippen LogP) is 3.29. The summed E-state index contributed by atoms with van der Waals surface area (Å²) in [6.45, 7) is 0.917. The summed E-state index contributed by atoms with van der Waals surface area (Å²) in [4.78, 5) is 12.2. The number of halogens is 1. The number of hydrogen-bond acceptors (Lipinski definition) is 1. The highest BCUT2D eigenvalue weighted by molar-refractivity contribution is 9.09. The van der Waals surface area contributed by atoms with Gasteiger partial charge in [0.1, 0.15) is 0 Å². The summed E-state index contributed by atoms with van der Waals surface area (Å²) in [6.07, 6.45) is 8.59. The van der Waals surface area contributed by atoms with E-state index in [9.17, 15) is 4.79 Å². The van der Waals surface area contributed by atoms with E-state index in [1.165, 1.54) is 43.4 Å². The standard InChI is InChI=1S/C15H20BrNO/c16-10-15(8-1-2-9-15)11-17-13-5-3-4-12(13)6-7-14(17)18/h6-7H,1-5,8-11H2. The van der Waals surface area contributed by atoms with Crippen LogP contribution in [0.2, 0.25) is 0 Å². The molecule has 0 spiro atoms. The van der Waals surface area contributed by atoms with Crippen molar-refractivity contribution >= 4 is 15.9 Å². The molecule has 98 valence electrons. The molecule has 1 heterocycles. The maximum Gasteiger partial charge on any atom is 0.250 e. The summed E-state index contributed by atoms with van der Waals surface area (Å²) < 4.78 is 2.08. The van der Waals surface area contributed by atoms with E-state index in [0.717, 1.165) is 24.7 Å². The van der Waals surface area contributed by atoms with Crippen molar-refractivity contribution < 1.29 is 0 Å². The van der Waals surface area contributed by atoms with Gasteiger partial charge < -0.3 is 4.57 Å². The molecule has 0 saturated heterocycles. The number of hydrogen-bond donors (Lipinski definition) is 0. The molecular weight excluding hydrogens is 290 g/mol. The third-order valence-corrected chi connectivity index (χ3v) is 5.88. The summed E-state index contributed by atoms with van der Waals surface area (Å²) in [6, 6.07) is 3.80. The lowest BCUT2D eigenvalue weighted by atomic mass is 9.88. The second-order valence-corrected chi connectivity index (χ2v) is 6.48. The summed E-state index contributed by atoms with van der Waals surface area (Å²) in [5.74, 6) is 0. The highest BCUT2D eigenvalue weighted by Gasteiger charge is 2.34. The van der Waals surface area contributed by atoms with Gasteiger partial charge in [-0.25, -0.2) is 0 Å². The van der Waals surface area contributed by atoms with Crippen molar-refractivity contribution in [1.29, 1.82) is 0 Å². The second-order valence-electron chi connectivity index (χ2n) is 5.92. The van der Waals surface area contributed by atoms with Crippen molar-refractivity contribution in [2.24, 2.45) is 5.41 Å². The Morgan fingerprint density at radius 2 is 1.94 bits per heavy atom. The van der Waals surface area contributed by atoms with E-state index in [-0.39, 0.29) is 5.56 Å². The van der Waals surface area contributed by atoms with Gasteiger partial charge in [-0.3, -0.25) is 4.79 Å². The summed E-state index contributed by atoms with van der Waals surface area (Å²) in [5, 5.41) is 1.02. The van der Waals surface area contributed by atoms with E-state index < -0.39 is 0 Å². The Balaban J connectivity index is 1.97. The van der Waals surface area contributed by atoms with E-state index in [1.807, 2.05) is 6.07 Å². The maximum absolute atomic E-state index is 12.2. The molecule has 1 aromatic heterocycles. The lowest BCUT2D eigenvalue weighted by molar-refractivity contribution is 0.284. The van der Waals surface area contributed by atoms with Crippen molar-refractivity contribution in [2.75, 3.05) is 5.33 Å². The van der Waals surface area contributed by atoms with Gasteiger partial charge in [0, 0.05) is 23.6 Å². The molecule has 2 aliphatic rings. The molecule has 1 saturated carbocycles. The van der Waals surface area contributed by atoms with E-state index in [4.69, 9.17) is 0 Å². The first-order valence-corrected chi connectivity index (χ1v) is 8.14. The molecule has 0 unspecified atom stereocenters. The molecule has 0 N–H and O–H groups in total. The summed E-state index contributed by atoms with van der Waals surface area (Å²) in [7, 11) is 0. The molecular formula is C15H20BrNO. The lowest BCUT2D eigenvalue weighted by Crippen LogP contribution is -2.33. The van der Waals surface area contributed by atoms with Crippen molar-refractivity contribution in [3.05, 3.63) is 33.7 Å². The Bertz CT molecular complexity index is 500. The van der Waals surface area contributed by atoms with Crippen LogP contribution in [0.4, 0.5) is 0 Å². The summed E-state index contributed by atoms with van der Waals surface area (Å²) >= 11 is 3.68. The van der Waals surface area contributed by atoms with E-state index in [1.54, 1.807) is 6.07 Å². The molecule has 0 bridgehead atoms. The van der Waals surface area contributed by atoms with Crippen LogP contribution in [0.25, 0.3) is 0 Å². The van der Waals surface area contributed by atoms with Gasteiger partial charge >= 0.3 is 0 Å². The number of rotatable bonds is 3. The van der Waals surface area contributed by atoms with Crippen LogP contribution in [-0.2, 0) is 19.4 Å². The Labute approximate surface area is 117 Å². The minimum Gasteiger partial charge on any atom is -0.312 e. The Morgan fingerprint density at radius 3 is 2.67 bits per heavy atom. The zero-order chi connectivity index (χ0) is 12.6. The minimum atomic E-state index is 0.197. The van der Waals surface area contributed by atoms with Crippen LogP contribution in [-0.4, -0.2) is 9.90 Å². The highest BCUT2D eigenvalue weighted by atomic mass is 79.9. The molecule has 18 heavy (non-hydrogen) atoms. The van der Waals surface area contributed by atoms with Crippen LogP contribution in [0.5, 0.6) is 0 Å². The van der Waals surface area contributed by atoms with Crippen LogP contribution in [0.1, 0.15) is 43.4 Å². The molecule has 0 aliphatic heterocycles. The maximum atomic E-state index is 12.2. The highest BCUT2D eigenvalue weighted by Crippen LogP contribution is 2.41. The molecule has 3 rings (SSSR count). The fourth-order valence-electron chi connectivity index (χ4n) is 3.60. The van der Waals surface area contributed by atoms with Gasteiger partial charge in [-0.05, 0) is 43.1 Å². The van der Waals surface area contributed by atoms with Gasteiger partial charge in [-0.15, -0.1) is 0 Å². The number of aryl methyl sites for hydroxylation is 1. The normalized spacial score (nSPS) is 21.2. The average molecular weight is 310 g/mol. The van der Waals surface area contributed by atoms with Crippen LogP contribution in [0.3, 0.4) is 0 Å². The van der Waals surface area contributed by atoms with Gasteiger partial charge in [0.15, 0.2) is 0 Å². The first-order valence-electron chi connectivity index (χ1n) is 7.02. The first kappa shape index (κ1) is 12.5. The van der Waals surface area contributed by atoms with Gasteiger partial charge in [-0.1, -0.05) is 34.8 Å². The number of alkyl halides is 1. The third-order valence-electron chi connectivity index (χ3n) is 4.69. The SMILES string of the molecule is O=c1ccc2c(n1CC1(CBr)CCCC1)CCC2. The monoisotopic (exact) mass is 309 g/mol. The summed E-state index contributed by atoms with van der Waals surface area (Å²) in [5.41, 5.74) is 3.23. The molecule has 2 nitrogen and oxygen atoms in total. The quantitative estimate of drug-likeness (QED) is 0.785. The van der Waals surface area contributed by atoms with Crippen LogP contribution in [0, 0.1) is 5.41 Å². The molecule has 0 radical (unpaired) electrons. The Morgan fingerprint density at radius 1 is 1.17 bits per heavy atom. The molecule has 2 aliphatic carbocycles. The van der Waals surface area contributed by atoms with Gasteiger partial charge in [0.05, 0.1) is 0 Å². The predicted molar refractivity (Wildman–Crippen MR) is 77.4 cm³/mol.